The van der Waals surface area contributed by atoms with E-state index in [1.807, 2.05) is 0 Å². The van der Waals surface area contributed by atoms with Gasteiger partial charge in [-0.25, -0.2) is 0 Å². The molecule has 1 aliphatic carbocycles. The van der Waals surface area contributed by atoms with Crippen molar-refractivity contribution in [2.75, 3.05) is 19.6 Å². The van der Waals surface area contributed by atoms with Crippen molar-refractivity contribution in [3.63, 3.8) is 0 Å². The van der Waals surface area contributed by atoms with Gasteiger partial charge in [0.15, 0.2) is 0 Å². The molecule has 1 N–H and O–H groups in total. The molecule has 0 aromatic heterocycles. The first kappa shape index (κ1) is 13.4. The van der Waals surface area contributed by atoms with Gasteiger partial charge in [-0.05, 0) is 50.5 Å². The van der Waals surface area contributed by atoms with E-state index in [9.17, 15) is 4.79 Å². The molecule has 0 bridgehead atoms. The molecule has 0 aromatic carbocycles. The summed E-state index contributed by atoms with van der Waals surface area (Å²) in [5.41, 5.74) is 0.606. The first-order chi connectivity index (χ1) is 9.29. The van der Waals surface area contributed by atoms with Gasteiger partial charge in [-0.2, -0.15) is 0 Å². The van der Waals surface area contributed by atoms with Crippen LogP contribution in [0.25, 0.3) is 0 Å². The number of hydrogen-bond donors (Lipinski definition) is 1. The molecule has 1 amide bonds. The van der Waals surface area contributed by atoms with Crippen LogP contribution < -0.4 is 5.32 Å². The summed E-state index contributed by atoms with van der Waals surface area (Å²) in [4.78, 5) is 14.6. The van der Waals surface area contributed by atoms with E-state index in [-0.39, 0.29) is 6.04 Å². The van der Waals surface area contributed by atoms with Crippen LogP contribution in [0.1, 0.15) is 64.2 Å². The first-order valence-electron chi connectivity index (χ1n) is 8.31. The Kier molecular flexibility index (Phi) is 4.11. The topological polar surface area (TPSA) is 32.3 Å². The normalized spacial score (nSPS) is 31.4. The fourth-order valence-corrected chi connectivity index (χ4v) is 4.29. The lowest BCUT2D eigenvalue weighted by Gasteiger charge is -2.45. The quantitative estimate of drug-likeness (QED) is 0.790. The standard InChI is InChI=1S/C16H28N2O/c19-15(14-6-2-5-11-17-14)18-12-9-16(10-13-18)7-3-1-4-8-16/h14,17H,1-13H2/t14-/m0/s1. The summed E-state index contributed by atoms with van der Waals surface area (Å²) in [5.74, 6) is 0.380. The van der Waals surface area contributed by atoms with Crippen LogP contribution in [0.5, 0.6) is 0 Å². The van der Waals surface area contributed by atoms with Gasteiger partial charge in [-0.1, -0.05) is 25.7 Å². The second-order valence-corrected chi connectivity index (χ2v) is 6.89. The van der Waals surface area contributed by atoms with Gasteiger partial charge < -0.3 is 10.2 Å². The molecule has 19 heavy (non-hydrogen) atoms. The Hall–Kier alpha value is -0.570. The summed E-state index contributed by atoms with van der Waals surface area (Å²) < 4.78 is 0. The van der Waals surface area contributed by atoms with E-state index < -0.39 is 0 Å². The highest BCUT2D eigenvalue weighted by Gasteiger charge is 2.37. The Bertz CT molecular complexity index is 307. The van der Waals surface area contributed by atoms with Crippen molar-refractivity contribution in [1.82, 2.24) is 10.2 Å². The van der Waals surface area contributed by atoms with E-state index >= 15 is 0 Å². The van der Waals surface area contributed by atoms with Crippen LogP contribution in [0.3, 0.4) is 0 Å². The molecule has 1 atom stereocenters. The van der Waals surface area contributed by atoms with Gasteiger partial charge in [0, 0.05) is 13.1 Å². The Balaban J connectivity index is 1.52. The van der Waals surface area contributed by atoms with Crippen molar-refractivity contribution < 1.29 is 4.79 Å². The van der Waals surface area contributed by atoms with Gasteiger partial charge in [-0.3, -0.25) is 4.79 Å². The van der Waals surface area contributed by atoms with Gasteiger partial charge in [0.25, 0.3) is 0 Å². The zero-order chi connectivity index (χ0) is 13.1. The molecular weight excluding hydrogens is 236 g/mol. The van der Waals surface area contributed by atoms with Gasteiger partial charge >= 0.3 is 0 Å². The molecule has 108 valence electrons. The smallest absolute Gasteiger partial charge is 0.239 e. The third kappa shape index (κ3) is 2.96. The molecule has 1 saturated carbocycles. The van der Waals surface area contributed by atoms with E-state index in [0.717, 1.165) is 26.1 Å². The maximum absolute atomic E-state index is 12.5. The highest BCUT2D eigenvalue weighted by atomic mass is 16.2. The Labute approximate surface area is 117 Å². The van der Waals surface area contributed by atoms with Crippen molar-refractivity contribution in [1.29, 1.82) is 0 Å². The van der Waals surface area contributed by atoms with Gasteiger partial charge in [0.1, 0.15) is 0 Å². The molecule has 2 aliphatic heterocycles. The summed E-state index contributed by atoms with van der Waals surface area (Å²) in [6.45, 7) is 3.04. The number of carbonyl (C=O) groups is 1. The summed E-state index contributed by atoms with van der Waals surface area (Å²) in [6, 6.07) is 0.120. The largest absolute Gasteiger partial charge is 0.341 e. The summed E-state index contributed by atoms with van der Waals surface area (Å²) in [7, 11) is 0. The number of hydrogen-bond acceptors (Lipinski definition) is 2. The minimum Gasteiger partial charge on any atom is -0.341 e. The zero-order valence-electron chi connectivity index (χ0n) is 12.1. The van der Waals surface area contributed by atoms with Crippen molar-refractivity contribution in [3.8, 4) is 0 Å². The highest BCUT2D eigenvalue weighted by Crippen LogP contribution is 2.44. The maximum Gasteiger partial charge on any atom is 0.239 e. The van der Waals surface area contributed by atoms with Crippen LogP contribution in [-0.2, 0) is 4.79 Å². The lowest BCUT2D eigenvalue weighted by Crippen LogP contribution is -2.52. The number of amides is 1. The Morgan fingerprint density at radius 2 is 1.68 bits per heavy atom. The third-order valence-corrected chi connectivity index (χ3v) is 5.66. The van der Waals surface area contributed by atoms with Crippen molar-refractivity contribution >= 4 is 5.91 Å². The first-order valence-corrected chi connectivity index (χ1v) is 8.31. The lowest BCUT2D eigenvalue weighted by atomic mass is 9.68. The number of rotatable bonds is 1. The SMILES string of the molecule is O=C([C@@H]1CCCCN1)N1CCC2(CCCCC2)CC1. The second kappa shape index (κ2) is 5.82. The zero-order valence-corrected chi connectivity index (χ0v) is 12.1. The van der Waals surface area contributed by atoms with Crippen LogP contribution in [0.15, 0.2) is 0 Å². The molecule has 3 heteroatoms. The summed E-state index contributed by atoms with van der Waals surface area (Å²) in [5, 5.41) is 3.40. The third-order valence-electron chi connectivity index (χ3n) is 5.66. The number of nitrogens with zero attached hydrogens (tertiary/aromatic N) is 1. The highest BCUT2D eigenvalue weighted by molar-refractivity contribution is 5.82. The van der Waals surface area contributed by atoms with Crippen molar-refractivity contribution in [2.24, 2.45) is 5.41 Å². The lowest BCUT2D eigenvalue weighted by molar-refractivity contribution is -0.136. The predicted molar refractivity (Wildman–Crippen MR) is 77.0 cm³/mol. The molecule has 1 spiro atoms. The molecular formula is C16H28N2O. The fraction of sp³-hybridized carbons (Fsp3) is 0.938. The minimum absolute atomic E-state index is 0.120. The molecule has 0 radical (unpaired) electrons. The minimum atomic E-state index is 0.120. The van der Waals surface area contributed by atoms with Crippen LogP contribution in [0.2, 0.25) is 0 Å². The van der Waals surface area contributed by atoms with Gasteiger partial charge in [0.05, 0.1) is 6.04 Å². The number of carbonyl (C=O) groups excluding carboxylic acids is 1. The maximum atomic E-state index is 12.5. The summed E-state index contributed by atoms with van der Waals surface area (Å²) >= 11 is 0. The molecule has 3 nitrogen and oxygen atoms in total. The molecule has 2 heterocycles. The van der Waals surface area contributed by atoms with Crippen molar-refractivity contribution in [2.45, 2.75) is 70.3 Å². The second-order valence-electron chi connectivity index (χ2n) is 6.89. The molecule has 3 rings (SSSR count). The Morgan fingerprint density at radius 3 is 2.32 bits per heavy atom. The van der Waals surface area contributed by atoms with Gasteiger partial charge in [0.2, 0.25) is 5.91 Å². The van der Waals surface area contributed by atoms with E-state index in [4.69, 9.17) is 0 Å². The van der Waals surface area contributed by atoms with E-state index in [0.29, 0.717) is 11.3 Å². The average Bonchev–Trinajstić information content (AvgIpc) is 2.49. The average molecular weight is 264 g/mol. The molecule has 2 saturated heterocycles. The van der Waals surface area contributed by atoms with Crippen LogP contribution in [0.4, 0.5) is 0 Å². The van der Waals surface area contributed by atoms with Crippen LogP contribution in [0, 0.1) is 5.41 Å². The predicted octanol–water partition coefficient (Wildman–Crippen LogP) is 2.70. The Morgan fingerprint density at radius 1 is 0.947 bits per heavy atom. The van der Waals surface area contributed by atoms with Crippen LogP contribution in [-0.4, -0.2) is 36.5 Å². The van der Waals surface area contributed by atoms with Crippen molar-refractivity contribution in [3.05, 3.63) is 0 Å². The molecule has 3 fully saturated rings. The number of likely N-dealkylation sites (tertiary alicyclic amines) is 1. The number of piperidine rings is 2. The monoisotopic (exact) mass is 264 g/mol. The van der Waals surface area contributed by atoms with Crippen LogP contribution >= 0.6 is 0 Å². The number of nitrogens with one attached hydrogen (secondary N) is 1. The van der Waals surface area contributed by atoms with Gasteiger partial charge in [-0.15, -0.1) is 0 Å². The van der Waals surface area contributed by atoms with E-state index in [1.54, 1.807) is 0 Å². The summed E-state index contributed by atoms with van der Waals surface area (Å²) in [6.07, 6.45) is 13.1. The van der Waals surface area contributed by atoms with E-state index in [2.05, 4.69) is 10.2 Å². The molecule has 0 unspecified atom stereocenters. The molecule has 0 aromatic rings. The van der Waals surface area contributed by atoms with E-state index in [1.165, 1.54) is 57.8 Å². The molecule has 3 aliphatic rings. The fourth-order valence-electron chi connectivity index (χ4n) is 4.29.